The van der Waals surface area contributed by atoms with Gasteiger partial charge in [-0.1, -0.05) is 24.1 Å². The van der Waals surface area contributed by atoms with Crippen LogP contribution >= 0.6 is 21.6 Å². The summed E-state index contributed by atoms with van der Waals surface area (Å²) < 4.78 is 1.79. The summed E-state index contributed by atoms with van der Waals surface area (Å²) in [6, 6.07) is 2.05. The number of hydrogen-bond acceptors (Lipinski definition) is 5. The van der Waals surface area contributed by atoms with Crippen molar-refractivity contribution in [2.24, 2.45) is 0 Å². The van der Waals surface area contributed by atoms with E-state index in [4.69, 9.17) is 0 Å². The molecule has 86 valence electrons. The molecule has 0 amide bonds. The molecule has 0 aliphatic carbocycles. The maximum absolute atomic E-state index is 4.31. The van der Waals surface area contributed by atoms with Crippen LogP contribution < -0.4 is 0 Å². The average molecular weight is 254 g/mol. The number of aryl methyl sites for hydroxylation is 1. The molecule has 6 heteroatoms. The summed E-state index contributed by atoms with van der Waals surface area (Å²) >= 11 is 0. The molecule has 4 nitrogen and oxygen atoms in total. The Morgan fingerprint density at radius 2 is 2.31 bits per heavy atom. The van der Waals surface area contributed by atoms with Crippen LogP contribution in [0.4, 0.5) is 0 Å². The van der Waals surface area contributed by atoms with Crippen molar-refractivity contribution >= 4 is 27.4 Å². The van der Waals surface area contributed by atoms with Crippen molar-refractivity contribution in [3.63, 3.8) is 0 Å². The van der Waals surface area contributed by atoms with Crippen molar-refractivity contribution < 1.29 is 0 Å². The molecule has 0 saturated carbocycles. The number of nitrogens with zero attached hydrogens (tertiary/aromatic N) is 4. The van der Waals surface area contributed by atoms with Crippen molar-refractivity contribution in [3.05, 3.63) is 18.1 Å². The minimum absolute atomic E-state index is 0.679. The summed E-state index contributed by atoms with van der Waals surface area (Å²) in [7, 11) is 3.60. The van der Waals surface area contributed by atoms with Crippen LogP contribution in [-0.2, 0) is 0 Å². The first-order chi connectivity index (χ1) is 7.81. The molecule has 2 aromatic heterocycles. The van der Waals surface area contributed by atoms with Crippen molar-refractivity contribution in [1.82, 2.24) is 19.6 Å². The third-order valence-electron chi connectivity index (χ3n) is 2.07. The molecule has 0 unspecified atom stereocenters. The fraction of sp³-hybridized carbons (Fsp3) is 0.500. The van der Waals surface area contributed by atoms with Gasteiger partial charge < -0.3 is 0 Å². The molecule has 0 bridgehead atoms. The zero-order chi connectivity index (χ0) is 11.4. The van der Waals surface area contributed by atoms with E-state index in [-0.39, 0.29) is 0 Å². The number of aromatic nitrogens is 4. The molecule has 0 saturated heterocycles. The Hall–Kier alpha value is -0.750. The van der Waals surface area contributed by atoms with Gasteiger partial charge in [0.2, 0.25) is 0 Å². The van der Waals surface area contributed by atoms with Gasteiger partial charge in [0.1, 0.15) is 11.4 Å². The van der Waals surface area contributed by atoms with E-state index in [2.05, 4.69) is 22.0 Å². The van der Waals surface area contributed by atoms with Gasteiger partial charge in [0, 0.05) is 11.4 Å². The highest BCUT2D eigenvalue weighted by Gasteiger charge is 2.05. The summed E-state index contributed by atoms with van der Waals surface area (Å²) in [4.78, 5) is 8.41. The molecule has 0 aliphatic heterocycles. The zero-order valence-corrected chi connectivity index (χ0v) is 11.0. The highest BCUT2D eigenvalue weighted by molar-refractivity contribution is 8.76. The third kappa shape index (κ3) is 2.68. The maximum atomic E-state index is 4.31. The second kappa shape index (κ2) is 5.54. The second-order valence-corrected chi connectivity index (χ2v) is 5.90. The number of fused-ring (bicyclic) bond motifs is 1. The minimum Gasteiger partial charge on any atom is -0.216 e. The van der Waals surface area contributed by atoms with Crippen LogP contribution in [-0.4, -0.2) is 25.3 Å². The molecular weight excluding hydrogens is 240 g/mol. The van der Waals surface area contributed by atoms with Crippen LogP contribution in [0.1, 0.15) is 25.5 Å². The van der Waals surface area contributed by atoms with Crippen molar-refractivity contribution in [3.8, 4) is 0 Å². The smallest absolute Gasteiger partial charge is 0.216 e. The van der Waals surface area contributed by atoms with Gasteiger partial charge in [-0.05, 0) is 30.2 Å². The Morgan fingerprint density at radius 1 is 1.44 bits per heavy atom. The predicted molar refractivity (Wildman–Crippen MR) is 68.7 cm³/mol. The van der Waals surface area contributed by atoms with E-state index in [0.717, 1.165) is 10.7 Å². The summed E-state index contributed by atoms with van der Waals surface area (Å²) in [5, 5.41) is 5.27. The van der Waals surface area contributed by atoms with E-state index in [1.165, 1.54) is 18.6 Å². The Balaban J connectivity index is 2.12. The van der Waals surface area contributed by atoms with E-state index in [1.807, 2.05) is 23.8 Å². The molecule has 2 aromatic rings. The summed E-state index contributed by atoms with van der Waals surface area (Å²) in [5.74, 6) is 1.84. The molecular formula is C10H14N4S2. The van der Waals surface area contributed by atoms with E-state index >= 15 is 0 Å². The molecule has 0 fully saturated rings. The number of rotatable bonds is 5. The molecule has 0 N–H and O–H groups in total. The van der Waals surface area contributed by atoms with E-state index in [9.17, 15) is 0 Å². The van der Waals surface area contributed by atoms with Crippen LogP contribution in [0, 0.1) is 6.92 Å². The van der Waals surface area contributed by atoms with Gasteiger partial charge in [0.25, 0.3) is 5.78 Å². The first-order valence-corrected chi connectivity index (χ1v) is 7.60. The lowest BCUT2D eigenvalue weighted by atomic mass is 10.4. The van der Waals surface area contributed by atoms with Gasteiger partial charge in [-0.25, -0.2) is 4.98 Å². The quantitative estimate of drug-likeness (QED) is 0.466. The fourth-order valence-electron chi connectivity index (χ4n) is 1.26. The lowest BCUT2D eigenvalue weighted by molar-refractivity contribution is 0.836. The van der Waals surface area contributed by atoms with Gasteiger partial charge in [0.15, 0.2) is 0 Å². The van der Waals surface area contributed by atoms with Crippen LogP contribution in [0.25, 0.3) is 5.78 Å². The molecule has 2 heterocycles. The van der Waals surface area contributed by atoms with Crippen LogP contribution in [0.3, 0.4) is 0 Å². The van der Waals surface area contributed by atoms with Gasteiger partial charge in [-0.2, -0.15) is 14.6 Å². The lowest BCUT2D eigenvalue weighted by Gasteiger charge is -2.03. The molecule has 0 aromatic carbocycles. The average Bonchev–Trinajstić information content (AvgIpc) is 2.72. The highest BCUT2D eigenvalue weighted by Crippen LogP contribution is 2.31. The Bertz CT molecular complexity index is 469. The largest absolute Gasteiger partial charge is 0.253 e. The summed E-state index contributed by atoms with van der Waals surface area (Å²) in [5.41, 5.74) is 0.985. The Morgan fingerprint density at radius 3 is 3.12 bits per heavy atom. The standard InChI is InChI=1S/C10H14N4S2/c1-3-4-5-15-16-9-6-8(2)13-10-11-7-12-14(9)10/h6-7H,3-5H2,1-2H3. The SMILES string of the molecule is CCCCSSc1cc(C)nc2ncnn12. The third-order valence-corrected chi connectivity index (χ3v) is 4.47. The van der Waals surface area contributed by atoms with Crippen molar-refractivity contribution in [1.29, 1.82) is 0 Å². The van der Waals surface area contributed by atoms with Crippen molar-refractivity contribution in [2.45, 2.75) is 31.7 Å². The Labute approximate surface area is 103 Å². The fourth-order valence-corrected chi connectivity index (χ4v) is 3.61. The molecule has 0 atom stereocenters. The zero-order valence-electron chi connectivity index (χ0n) is 9.38. The van der Waals surface area contributed by atoms with Crippen LogP contribution in [0.5, 0.6) is 0 Å². The predicted octanol–water partition coefficient (Wildman–Crippen LogP) is 2.97. The molecule has 0 radical (unpaired) electrons. The maximum Gasteiger partial charge on any atom is 0.253 e. The van der Waals surface area contributed by atoms with E-state index in [0.29, 0.717) is 5.78 Å². The summed E-state index contributed by atoms with van der Waals surface area (Å²) in [6.45, 7) is 4.19. The first kappa shape index (κ1) is 11.7. The van der Waals surface area contributed by atoms with E-state index in [1.54, 1.807) is 21.6 Å². The number of hydrogen-bond donors (Lipinski definition) is 0. The minimum atomic E-state index is 0.679. The summed E-state index contributed by atoms with van der Waals surface area (Å²) in [6.07, 6.45) is 4.03. The topological polar surface area (TPSA) is 43.1 Å². The molecule has 16 heavy (non-hydrogen) atoms. The van der Waals surface area contributed by atoms with E-state index < -0.39 is 0 Å². The van der Waals surface area contributed by atoms with Crippen molar-refractivity contribution in [2.75, 3.05) is 5.75 Å². The monoisotopic (exact) mass is 254 g/mol. The molecule has 0 spiro atoms. The first-order valence-electron chi connectivity index (χ1n) is 5.28. The number of unbranched alkanes of at least 4 members (excludes halogenated alkanes) is 1. The van der Waals surface area contributed by atoms with Crippen LogP contribution in [0.2, 0.25) is 0 Å². The Kier molecular flexibility index (Phi) is 4.06. The van der Waals surface area contributed by atoms with Gasteiger partial charge in [0.05, 0.1) is 0 Å². The normalized spacial score (nSPS) is 11.1. The molecule has 2 rings (SSSR count). The molecule has 0 aliphatic rings. The second-order valence-electron chi connectivity index (χ2n) is 3.47. The highest BCUT2D eigenvalue weighted by atomic mass is 33.1. The van der Waals surface area contributed by atoms with Crippen LogP contribution in [0.15, 0.2) is 17.4 Å². The van der Waals surface area contributed by atoms with Gasteiger partial charge in [-0.3, -0.25) is 0 Å². The van der Waals surface area contributed by atoms with Gasteiger partial charge in [-0.15, -0.1) is 0 Å². The lowest BCUT2D eigenvalue weighted by Crippen LogP contribution is -1.96. The van der Waals surface area contributed by atoms with Gasteiger partial charge >= 0.3 is 0 Å².